The summed E-state index contributed by atoms with van der Waals surface area (Å²) in [4.78, 5) is 14.4. The first-order valence-electron chi connectivity index (χ1n) is 8.61. The normalized spacial score (nSPS) is 13.1. The Hall–Kier alpha value is -2.11. The van der Waals surface area contributed by atoms with Crippen LogP contribution in [0.15, 0.2) is 30.3 Å². The van der Waals surface area contributed by atoms with E-state index in [-0.39, 0.29) is 12.5 Å². The van der Waals surface area contributed by atoms with Crippen molar-refractivity contribution in [3.05, 3.63) is 51.5 Å². The maximum atomic E-state index is 12.5. The van der Waals surface area contributed by atoms with Crippen LogP contribution in [0.1, 0.15) is 17.5 Å². The summed E-state index contributed by atoms with van der Waals surface area (Å²) in [5, 5.41) is 0.900. The van der Waals surface area contributed by atoms with Crippen LogP contribution in [-0.2, 0) is 17.8 Å². The number of nitrogens with zero attached hydrogens (tertiary/aromatic N) is 1. The van der Waals surface area contributed by atoms with Crippen LogP contribution in [0, 0.1) is 0 Å². The number of ether oxygens (including phenoxy) is 3. The summed E-state index contributed by atoms with van der Waals surface area (Å²) in [6, 6.07) is 8.98. The third-order valence-corrected chi connectivity index (χ3v) is 5.29. The van der Waals surface area contributed by atoms with E-state index in [0.717, 1.165) is 12.0 Å². The molecular weight excluding hydrogens is 389 g/mol. The highest BCUT2D eigenvalue weighted by molar-refractivity contribution is 6.42. The van der Waals surface area contributed by atoms with E-state index < -0.39 is 0 Å². The minimum absolute atomic E-state index is 0.0514. The minimum Gasteiger partial charge on any atom is -0.493 e. The van der Waals surface area contributed by atoms with Crippen LogP contribution >= 0.6 is 23.2 Å². The molecule has 0 unspecified atom stereocenters. The number of carbonyl (C=O) groups is 1. The van der Waals surface area contributed by atoms with Crippen molar-refractivity contribution in [2.75, 3.05) is 27.4 Å². The van der Waals surface area contributed by atoms with Gasteiger partial charge >= 0.3 is 0 Å². The zero-order valence-corrected chi connectivity index (χ0v) is 16.8. The zero-order valence-electron chi connectivity index (χ0n) is 15.3. The van der Waals surface area contributed by atoms with Gasteiger partial charge in [-0.25, -0.2) is 0 Å². The van der Waals surface area contributed by atoms with Crippen molar-refractivity contribution < 1.29 is 19.0 Å². The number of fused-ring (bicyclic) bond motifs is 1. The zero-order chi connectivity index (χ0) is 19.4. The Kier molecular flexibility index (Phi) is 6.34. The number of hydrogen-bond acceptors (Lipinski definition) is 4. The van der Waals surface area contributed by atoms with Crippen molar-refractivity contribution >= 4 is 29.1 Å². The van der Waals surface area contributed by atoms with Crippen molar-refractivity contribution in [1.82, 2.24) is 4.90 Å². The molecule has 0 N–H and O–H groups in total. The van der Waals surface area contributed by atoms with Crippen LogP contribution in [0.5, 0.6) is 17.2 Å². The van der Waals surface area contributed by atoms with E-state index >= 15 is 0 Å². The van der Waals surface area contributed by atoms with Gasteiger partial charge in [0, 0.05) is 19.2 Å². The number of methoxy groups -OCH3 is 2. The predicted molar refractivity (Wildman–Crippen MR) is 105 cm³/mol. The lowest BCUT2D eigenvalue weighted by molar-refractivity contribution is -0.132. The van der Waals surface area contributed by atoms with Crippen LogP contribution in [0.4, 0.5) is 0 Å². The van der Waals surface area contributed by atoms with Gasteiger partial charge in [0.05, 0.1) is 37.3 Å². The maximum absolute atomic E-state index is 12.5. The molecular formula is C20H21Cl2NO4. The smallest absolute Gasteiger partial charge is 0.226 e. The highest BCUT2D eigenvalue weighted by atomic mass is 35.5. The van der Waals surface area contributed by atoms with Crippen LogP contribution < -0.4 is 14.2 Å². The van der Waals surface area contributed by atoms with E-state index in [4.69, 9.17) is 37.4 Å². The molecule has 27 heavy (non-hydrogen) atoms. The molecule has 144 valence electrons. The first kappa shape index (κ1) is 19.6. The first-order valence-corrected chi connectivity index (χ1v) is 9.37. The highest BCUT2D eigenvalue weighted by Crippen LogP contribution is 2.33. The number of amides is 1. The first-order chi connectivity index (χ1) is 13.0. The molecule has 1 amide bonds. The summed E-state index contributed by atoms with van der Waals surface area (Å²) >= 11 is 11.8. The second-order valence-corrected chi connectivity index (χ2v) is 7.03. The van der Waals surface area contributed by atoms with Gasteiger partial charge in [-0.2, -0.15) is 0 Å². The number of halogens is 2. The van der Waals surface area contributed by atoms with Crippen molar-refractivity contribution in [3.8, 4) is 17.2 Å². The highest BCUT2D eigenvalue weighted by Gasteiger charge is 2.22. The number of benzene rings is 2. The largest absolute Gasteiger partial charge is 0.493 e. The quantitative estimate of drug-likeness (QED) is 0.710. The molecule has 1 heterocycles. The molecule has 0 aromatic heterocycles. The third-order valence-electron chi connectivity index (χ3n) is 4.55. The van der Waals surface area contributed by atoms with Crippen LogP contribution in [0.25, 0.3) is 0 Å². The Labute approximate surface area is 168 Å². The second-order valence-electron chi connectivity index (χ2n) is 6.22. The van der Waals surface area contributed by atoms with Gasteiger partial charge in [0.25, 0.3) is 0 Å². The van der Waals surface area contributed by atoms with E-state index in [2.05, 4.69) is 0 Å². The number of carbonyl (C=O) groups excluding carboxylic acids is 1. The molecule has 0 bridgehead atoms. The SMILES string of the molecule is COc1cc2c(cc1OC)CN(C(=O)CCOc1ccc(Cl)c(Cl)c1)CC2. The topological polar surface area (TPSA) is 48.0 Å². The molecule has 0 spiro atoms. The number of rotatable bonds is 6. The van der Waals surface area contributed by atoms with Crippen LogP contribution in [-0.4, -0.2) is 38.2 Å². The predicted octanol–water partition coefficient (Wildman–Crippen LogP) is 4.36. The Morgan fingerprint density at radius 1 is 1.04 bits per heavy atom. The molecule has 3 rings (SSSR count). The van der Waals surface area contributed by atoms with Crippen molar-refractivity contribution in [1.29, 1.82) is 0 Å². The molecule has 1 aliphatic rings. The second kappa shape index (κ2) is 8.72. The number of hydrogen-bond donors (Lipinski definition) is 0. The maximum Gasteiger partial charge on any atom is 0.226 e. The summed E-state index contributed by atoms with van der Waals surface area (Å²) in [6.07, 6.45) is 1.08. The molecule has 7 heteroatoms. The fourth-order valence-electron chi connectivity index (χ4n) is 3.08. The Balaban J connectivity index is 1.58. The molecule has 0 fully saturated rings. The van der Waals surface area contributed by atoms with Crippen molar-refractivity contribution in [3.63, 3.8) is 0 Å². The molecule has 1 aliphatic heterocycles. The average molecular weight is 410 g/mol. The Morgan fingerprint density at radius 2 is 1.74 bits per heavy atom. The fourth-order valence-corrected chi connectivity index (χ4v) is 3.37. The molecule has 2 aromatic rings. The van der Waals surface area contributed by atoms with Gasteiger partial charge in [0.1, 0.15) is 5.75 Å². The van der Waals surface area contributed by atoms with E-state index in [1.54, 1.807) is 32.4 Å². The summed E-state index contributed by atoms with van der Waals surface area (Å²) in [6.45, 7) is 1.52. The minimum atomic E-state index is 0.0514. The molecule has 5 nitrogen and oxygen atoms in total. The molecule has 0 aliphatic carbocycles. The van der Waals surface area contributed by atoms with Crippen LogP contribution in [0.3, 0.4) is 0 Å². The summed E-state index contributed by atoms with van der Waals surface area (Å²) in [5.74, 6) is 2.04. The van der Waals surface area contributed by atoms with E-state index in [9.17, 15) is 4.79 Å². The standard InChI is InChI=1S/C20H21Cl2NO4/c1-25-18-9-13-5-7-23(12-14(13)10-19(18)26-2)20(24)6-8-27-15-3-4-16(21)17(22)11-15/h3-4,9-11H,5-8,12H2,1-2H3. The van der Waals surface area contributed by atoms with Gasteiger partial charge in [-0.1, -0.05) is 23.2 Å². The van der Waals surface area contributed by atoms with Gasteiger partial charge in [-0.15, -0.1) is 0 Å². The Morgan fingerprint density at radius 3 is 2.41 bits per heavy atom. The van der Waals surface area contributed by atoms with E-state index in [1.807, 2.05) is 17.0 Å². The molecule has 2 aromatic carbocycles. The summed E-state index contributed by atoms with van der Waals surface area (Å²) < 4.78 is 16.3. The third kappa shape index (κ3) is 4.60. The molecule has 0 radical (unpaired) electrons. The summed E-state index contributed by atoms with van der Waals surface area (Å²) in [7, 11) is 3.23. The monoisotopic (exact) mass is 409 g/mol. The lowest BCUT2D eigenvalue weighted by Gasteiger charge is -2.29. The van der Waals surface area contributed by atoms with Gasteiger partial charge < -0.3 is 19.1 Å². The lowest BCUT2D eigenvalue weighted by Crippen LogP contribution is -2.36. The van der Waals surface area contributed by atoms with Crippen molar-refractivity contribution in [2.24, 2.45) is 0 Å². The van der Waals surface area contributed by atoms with Gasteiger partial charge in [-0.05, 0) is 41.8 Å². The lowest BCUT2D eigenvalue weighted by atomic mass is 9.98. The molecule has 0 atom stereocenters. The fraction of sp³-hybridized carbons (Fsp3) is 0.350. The van der Waals surface area contributed by atoms with Gasteiger partial charge in [0.15, 0.2) is 11.5 Å². The van der Waals surface area contributed by atoms with Crippen molar-refractivity contribution in [2.45, 2.75) is 19.4 Å². The van der Waals surface area contributed by atoms with E-state index in [0.29, 0.717) is 46.8 Å². The Bertz CT molecular complexity index is 841. The van der Waals surface area contributed by atoms with Gasteiger partial charge in [-0.3, -0.25) is 4.79 Å². The molecule has 0 saturated carbocycles. The average Bonchev–Trinajstić information content (AvgIpc) is 2.68. The van der Waals surface area contributed by atoms with E-state index in [1.165, 1.54) is 5.56 Å². The molecule has 0 saturated heterocycles. The summed E-state index contributed by atoms with van der Waals surface area (Å²) in [5.41, 5.74) is 2.27. The van der Waals surface area contributed by atoms with Crippen LogP contribution in [0.2, 0.25) is 10.0 Å². The van der Waals surface area contributed by atoms with Gasteiger partial charge in [0.2, 0.25) is 5.91 Å².